The number of aromatic nitrogens is 5. The topological polar surface area (TPSA) is 94.6 Å². The number of nitrogens with one attached hydrogen (secondary N) is 3. The van der Waals surface area contributed by atoms with Gasteiger partial charge in [-0.2, -0.15) is 0 Å². The minimum atomic E-state index is 0. The van der Waals surface area contributed by atoms with Crippen molar-refractivity contribution in [1.82, 2.24) is 35.1 Å². The molecule has 1 saturated carbocycles. The van der Waals surface area contributed by atoms with E-state index in [-0.39, 0.29) is 12.4 Å². The van der Waals surface area contributed by atoms with Gasteiger partial charge in [-0.05, 0) is 48.7 Å². The average Bonchev–Trinajstić information content (AvgIpc) is 3.60. The van der Waals surface area contributed by atoms with Crippen LogP contribution in [0.1, 0.15) is 30.0 Å². The molecule has 0 radical (unpaired) electrons. The molecule has 0 unspecified atom stereocenters. The third kappa shape index (κ3) is 4.98. The predicted octanol–water partition coefficient (Wildman–Crippen LogP) is 3.86. The second kappa shape index (κ2) is 9.43. The average molecular weight is 463 g/mol. The van der Waals surface area contributed by atoms with E-state index in [4.69, 9.17) is 0 Å². The van der Waals surface area contributed by atoms with Crippen molar-refractivity contribution < 1.29 is 0 Å². The minimum Gasteiger partial charge on any atom is -0.324 e. The summed E-state index contributed by atoms with van der Waals surface area (Å²) in [6.45, 7) is 5.18. The number of H-pyrrole nitrogens is 1. The normalized spacial score (nSPS) is 16.5. The molecule has 170 valence electrons. The lowest BCUT2D eigenvalue weighted by molar-refractivity contribution is 0.233. The number of halogens is 1. The van der Waals surface area contributed by atoms with Crippen LogP contribution in [0, 0.1) is 0 Å². The van der Waals surface area contributed by atoms with Crippen LogP contribution < -0.4 is 10.6 Å². The van der Waals surface area contributed by atoms with Gasteiger partial charge in [0.05, 0.1) is 16.7 Å². The Morgan fingerprint density at radius 2 is 1.88 bits per heavy atom. The number of benzene rings is 1. The van der Waals surface area contributed by atoms with E-state index in [1.54, 1.807) is 6.33 Å². The fourth-order valence-electron chi connectivity index (χ4n) is 4.25. The van der Waals surface area contributed by atoms with E-state index < -0.39 is 0 Å². The Balaban J connectivity index is 0.00000228. The zero-order valence-electron chi connectivity index (χ0n) is 18.3. The van der Waals surface area contributed by atoms with Crippen LogP contribution in [0.5, 0.6) is 0 Å². The summed E-state index contributed by atoms with van der Waals surface area (Å²) in [4.78, 5) is 23.9. The molecule has 0 spiro atoms. The highest BCUT2D eigenvalue weighted by atomic mass is 35.5. The monoisotopic (exact) mass is 462 g/mol. The molecule has 3 N–H and O–H groups in total. The summed E-state index contributed by atoms with van der Waals surface area (Å²) in [6, 6.07) is 12.5. The van der Waals surface area contributed by atoms with E-state index in [0.29, 0.717) is 11.9 Å². The first-order valence-corrected chi connectivity index (χ1v) is 11.3. The fourth-order valence-corrected chi connectivity index (χ4v) is 4.25. The molecule has 1 saturated heterocycles. The minimum absolute atomic E-state index is 0. The number of aromatic amines is 1. The maximum absolute atomic E-state index is 4.69. The quantitative estimate of drug-likeness (QED) is 0.400. The van der Waals surface area contributed by atoms with Crippen molar-refractivity contribution in [1.29, 1.82) is 0 Å². The van der Waals surface area contributed by atoms with Gasteiger partial charge in [0.25, 0.3) is 0 Å². The van der Waals surface area contributed by atoms with E-state index in [1.807, 2.05) is 12.3 Å². The smallest absolute Gasteiger partial charge is 0.206 e. The first-order valence-electron chi connectivity index (χ1n) is 11.3. The molecule has 4 heterocycles. The van der Waals surface area contributed by atoms with Gasteiger partial charge in [0, 0.05) is 56.1 Å². The molecule has 6 rings (SSSR count). The van der Waals surface area contributed by atoms with Crippen LogP contribution in [0.3, 0.4) is 0 Å². The maximum atomic E-state index is 4.69. The number of piperazine rings is 1. The van der Waals surface area contributed by atoms with Crippen LogP contribution in [-0.2, 0) is 6.54 Å². The van der Waals surface area contributed by atoms with Crippen LogP contribution in [0.25, 0.3) is 22.3 Å². The number of fused-ring (bicyclic) bond motifs is 1. The van der Waals surface area contributed by atoms with Gasteiger partial charge >= 0.3 is 0 Å². The molecule has 4 aromatic rings. The third-order valence-corrected chi connectivity index (χ3v) is 6.15. The predicted molar refractivity (Wildman–Crippen MR) is 132 cm³/mol. The Labute approximate surface area is 198 Å². The second-order valence-electron chi connectivity index (χ2n) is 8.62. The lowest BCUT2D eigenvalue weighted by Crippen LogP contribution is -2.42. The number of rotatable bonds is 6. The highest BCUT2D eigenvalue weighted by Gasteiger charge is 2.25. The van der Waals surface area contributed by atoms with E-state index in [2.05, 4.69) is 70.8 Å². The standard InChI is InChI=1S/C24H26N8.ClH/c1-2-17(1)20-13-21(28-15-27-20)18-3-4-19-22(12-18)30-24(29-19)31-23-11-16(5-6-26-23)14-32-9-7-25-8-10-32;/h3-6,11-13,15,17,25H,1-2,7-10,14H2,(H2,26,29,30,31);1H. The van der Waals surface area contributed by atoms with Gasteiger partial charge in [-0.3, -0.25) is 4.90 Å². The lowest BCUT2D eigenvalue weighted by atomic mass is 10.1. The lowest BCUT2D eigenvalue weighted by Gasteiger charge is -2.27. The van der Waals surface area contributed by atoms with Crippen molar-refractivity contribution >= 4 is 35.2 Å². The summed E-state index contributed by atoms with van der Waals surface area (Å²) in [5.74, 6) is 2.09. The van der Waals surface area contributed by atoms with Gasteiger partial charge in [-0.1, -0.05) is 6.07 Å². The van der Waals surface area contributed by atoms with E-state index in [0.717, 1.165) is 66.5 Å². The SMILES string of the molecule is Cl.c1cc(CN2CCNCC2)cc(Nc2nc3ccc(-c4cc(C5CC5)ncn4)cc3[nH]2)n1. The summed E-state index contributed by atoms with van der Waals surface area (Å²) in [5.41, 5.74) is 6.29. The summed E-state index contributed by atoms with van der Waals surface area (Å²) in [6.07, 6.45) is 5.99. The summed E-state index contributed by atoms with van der Waals surface area (Å²) >= 11 is 0. The van der Waals surface area contributed by atoms with Crippen LogP contribution in [-0.4, -0.2) is 56.0 Å². The molecular weight excluding hydrogens is 436 g/mol. The fraction of sp³-hybridized carbons (Fsp3) is 0.333. The van der Waals surface area contributed by atoms with Crippen LogP contribution in [0.4, 0.5) is 11.8 Å². The van der Waals surface area contributed by atoms with Crippen molar-refractivity contribution in [2.24, 2.45) is 0 Å². The Hall–Kier alpha value is -3.07. The number of anilines is 2. The number of nitrogens with zero attached hydrogens (tertiary/aromatic N) is 5. The summed E-state index contributed by atoms with van der Waals surface area (Å²) in [7, 11) is 0. The maximum Gasteiger partial charge on any atom is 0.206 e. The van der Waals surface area contributed by atoms with Crippen LogP contribution in [0.2, 0.25) is 0 Å². The molecule has 0 bridgehead atoms. The molecule has 8 nitrogen and oxygen atoms in total. The number of hydrogen-bond acceptors (Lipinski definition) is 7. The number of pyridine rings is 1. The Kier molecular flexibility index (Phi) is 6.22. The van der Waals surface area contributed by atoms with Gasteiger partial charge in [-0.15, -0.1) is 12.4 Å². The van der Waals surface area contributed by atoms with E-state index in [9.17, 15) is 0 Å². The van der Waals surface area contributed by atoms with Crippen LogP contribution >= 0.6 is 12.4 Å². The first kappa shape index (κ1) is 21.8. The number of imidazole rings is 1. The van der Waals surface area contributed by atoms with Gasteiger partial charge in [0.2, 0.25) is 5.95 Å². The largest absolute Gasteiger partial charge is 0.324 e. The summed E-state index contributed by atoms with van der Waals surface area (Å²) in [5, 5.41) is 6.72. The first-order chi connectivity index (χ1) is 15.8. The molecule has 2 aliphatic rings. The van der Waals surface area contributed by atoms with Gasteiger partial charge in [-0.25, -0.2) is 19.9 Å². The molecular formula is C24H27ClN8. The molecule has 1 aromatic carbocycles. The number of hydrogen-bond donors (Lipinski definition) is 3. The molecule has 33 heavy (non-hydrogen) atoms. The highest BCUT2D eigenvalue weighted by molar-refractivity contribution is 5.85. The Morgan fingerprint density at radius 3 is 2.73 bits per heavy atom. The van der Waals surface area contributed by atoms with Crippen molar-refractivity contribution in [2.45, 2.75) is 25.3 Å². The molecule has 1 aliphatic carbocycles. The molecule has 0 amide bonds. The molecule has 1 aliphatic heterocycles. The van der Waals surface area contributed by atoms with Crippen molar-refractivity contribution in [3.63, 3.8) is 0 Å². The second-order valence-corrected chi connectivity index (χ2v) is 8.62. The molecule has 0 atom stereocenters. The molecule has 9 heteroatoms. The zero-order valence-corrected chi connectivity index (χ0v) is 19.1. The van der Waals surface area contributed by atoms with Gasteiger partial charge < -0.3 is 15.6 Å². The van der Waals surface area contributed by atoms with Crippen molar-refractivity contribution in [3.8, 4) is 11.3 Å². The Bertz CT molecular complexity index is 1250. The van der Waals surface area contributed by atoms with Crippen molar-refractivity contribution in [2.75, 3.05) is 31.5 Å². The van der Waals surface area contributed by atoms with Gasteiger partial charge in [0.1, 0.15) is 12.1 Å². The Morgan fingerprint density at radius 1 is 1.00 bits per heavy atom. The molecule has 2 fully saturated rings. The van der Waals surface area contributed by atoms with Crippen molar-refractivity contribution in [3.05, 3.63) is 60.2 Å². The van der Waals surface area contributed by atoms with Gasteiger partial charge in [0.15, 0.2) is 0 Å². The third-order valence-electron chi connectivity index (χ3n) is 6.15. The highest BCUT2D eigenvalue weighted by Crippen LogP contribution is 2.39. The molecule has 3 aromatic heterocycles. The summed E-state index contributed by atoms with van der Waals surface area (Å²) < 4.78 is 0. The zero-order chi connectivity index (χ0) is 21.3. The van der Waals surface area contributed by atoms with E-state index >= 15 is 0 Å². The van der Waals surface area contributed by atoms with Crippen LogP contribution in [0.15, 0.2) is 48.9 Å². The van der Waals surface area contributed by atoms with E-state index in [1.165, 1.54) is 18.4 Å².